The molecule has 2 rings (SSSR count). The lowest BCUT2D eigenvalue weighted by Crippen LogP contribution is -2.24. The summed E-state index contributed by atoms with van der Waals surface area (Å²) in [7, 11) is 3.92. The number of nitrogens with one attached hydrogen (secondary N) is 1. The van der Waals surface area contributed by atoms with Crippen molar-refractivity contribution < 1.29 is 22.6 Å². The molecule has 0 aliphatic carbocycles. The van der Waals surface area contributed by atoms with Crippen molar-refractivity contribution in [3.8, 4) is 11.5 Å². The summed E-state index contributed by atoms with van der Waals surface area (Å²) in [6.45, 7) is 1.59. The molecule has 28 heavy (non-hydrogen) atoms. The Labute approximate surface area is 161 Å². The van der Waals surface area contributed by atoms with E-state index in [0.717, 1.165) is 12.1 Å². The van der Waals surface area contributed by atoms with Gasteiger partial charge in [-0.15, -0.1) is 13.2 Å². The Morgan fingerprint density at radius 2 is 1.89 bits per heavy atom. The molecule has 6 nitrogen and oxygen atoms in total. The number of para-hydroxylation sites is 2. The highest BCUT2D eigenvalue weighted by Gasteiger charge is 2.32. The van der Waals surface area contributed by atoms with Crippen LogP contribution in [-0.2, 0) is 6.54 Å². The molecule has 0 heterocycles. The lowest BCUT2D eigenvalue weighted by atomic mass is 10.2. The molecule has 0 bridgehead atoms. The van der Waals surface area contributed by atoms with Crippen LogP contribution in [0.5, 0.6) is 11.5 Å². The molecule has 2 aromatic carbocycles. The number of nitrogens with zero attached hydrogens (tertiary/aromatic N) is 2. The number of anilines is 1. The van der Waals surface area contributed by atoms with Crippen LogP contribution in [0.2, 0.25) is 0 Å². The van der Waals surface area contributed by atoms with Crippen LogP contribution in [0.1, 0.15) is 5.56 Å². The fourth-order valence-corrected chi connectivity index (χ4v) is 2.22. The molecule has 152 valence electrons. The van der Waals surface area contributed by atoms with E-state index in [0.29, 0.717) is 12.4 Å². The summed E-state index contributed by atoms with van der Waals surface area (Å²) in [5, 5.41) is 2.63. The molecular formula is C19H23F3N4O2. The Hall–Kier alpha value is -2.94. The molecule has 9 heteroatoms. The molecule has 2 aromatic rings. The van der Waals surface area contributed by atoms with Crippen molar-refractivity contribution in [2.24, 2.45) is 10.7 Å². The number of ether oxygens (including phenoxy) is 2. The summed E-state index contributed by atoms with van der Waals surface area (Å²) >= 11 is 0. The van der Waals surface area contributed by atoms with E-state index >= 15 is 0 Å². The molecule has 3 N–H and O–H groups in total. The number of alkyl halides is 3. The molecule has 0 saturated heterocycles. The van der Waals surface area contributed by atoms with Gasteiger partial charge in [0.15, 0.2) is 11.7 Å². The Morgan fingerprint density at radius 1 is 1.14 bits per heavy atom. The minimum Gasteiger partial charge on any atom is -0.492 e. The van der Waals surface area contributed by atoms with Gasteiger partial charge in [-0.25, -0.2) is 4.99 Å². The van der Waals surface area contributed by atoms with Crippen molar-refractivity contribution in [1.29, 1.82) is 0 Å². The lowest BCUT2D eigenvalue weighted by Gasteiger charge is -2.14. The summed E-state index contributed by atoms with van der Waals surface area (Å²) in [5.41, 5.74) is 6.73. The first-order chi connectivity index (χ1) is 13.2. The van der Waals surface area contributed by atoms with Crippen molar-refractivity contribution in [2.45, 2.75) is 12.9 Å². The summed E-state index contributed by atoms with van der Waals surface area (Å²) < 4.78 is 47.1. The minimum absolute atomic E-state index is 0.0304. The SMILES string of the molecule is CN(C)CCOc1cccc(CN=C(N)Nc2ccccc2OC(F)(F)F)c1. The first kappa shape index (κ1) is 21.4. The van der Waals surface area contributed by atoms with Crippen molar-refractivity contribution in [3.63, 3.8) is 0 Å². The van der Waals surface area contributed by atoms with Crippen LogP contribution in [0.4, 0.5) is 18.9 Å². The molecule has 0 aliphatic heterocycles. The molecule has 0 saturated carbocycles. The highest BCUT2D eigenvalue weighted by molar-refractivity contribution is 5.93. The molecule has 0 unspecified atom stereocenters. The van der Waals surface area contributed by atoms with Crippen LogP contribution >= 0.6 is 0 Å². The third-order valence-electron chi connectivity index (χ3n) is 3.51. The standard InChI is InChI=1S/C19H23F3N4O2/c1-26(2)10-11-27-15-7-5-6-14(12-15)13-24-18(23)25-16-8-3-4-9-17(16)28-19(20,21)22/h3-9,12H,10-11,13H2,1-2H3,(H3,23,24,25). The fraction of sp³-hybridized carbons (Fsp3) is 0.316. The van der Waals surface area contributed by atoms with Crippen molar-refractivity contribution in [2.75, 3.05) is 32.6 Å². The van der Waals surface area contributed by atoms with Crippen LogP contribution < -0.4 is 20.5 Å². The number of halogens is 3. The number of rotatable bonds is 8. The average molecular weight is 396 g/mol. The number of aliphatic imine (C=N–C) groups is 1. The maximum absolute atomic E-state index is 12.5. The maximum Gasteiger partial charge on any atom is 0.573 e. The Morgan fingerprint density at radius 3 is 2.61 bits per heavy atom. The summed E-state index contributed by atoms with van der Waals surface area (Å²) in [4.78, 5) is 6.17. The molecule has 0 aliphatic rings. The first-order valence-corrected chi connectivity index (χ1v) is 8.51. The van der Waals surface area contributed by atoms with E-state index in [9.17, 15) is 13.2 Å². The van der Waals surface area contributed by atoms with E-state index in [1.54, 1.807) is 6.07 Å². The van der Waals surface area contributed by atoms with Gasteiger partial charge in [0, 0.05) is 6.54 Å². The number of benzene rings is 2. The van der Waals surface area contributed by atoms with Crippen molar-refractivity contribution in [1.82, 2.24) is 4.90 Å². The van der Waals surface area contributed by atoms with Gasteiger partial charge in [-0.05, 0) is 43.9 Å². The second-order valence-corrected chi connectivity index (χ2v) is 6.17. The van der Waals surface area contributed by atoms with Gasteiger partial charge in [0.1, 0.15) is 12.4 Å². The normalized spacial score (nSPS) is 12.1. The number of nitrogens with two attached hydrogens (primary N) is 1. The van der Waals surface area contributed by atoms with Crippen LogP contribution in [0.15, 0.2) is 53.5 Å². The zero-order chi connectivity index (χ0) is 20.6. The predicted molar refractivity (Wildman–Crippen MR) is 103 cm³/mol. The van der Waals surface area contributed by atoms with Crippen LogP contribution in [0, 0.1) is 0 Å². The van der Waals surface area contributed by atoms with Gasteiger partial charge in [0.05, 0.1) is 12.2 Å². The van der Waals surface area contributed by atoms with Gasteiger partial charge in [-0.1, -0.05) is 24.3 Å². The highest BCUT2D eigenvalue weighted by Crippen LogP contribution is 2.29. The van der Waals surface area contributed by atoms with Gasteiger partial charge < -0.3 is 25.4 Å². The molecule has 0 spiro atoms. The number of hydrogen-bond donors (Lipinski definition) is 2. The molecule has 0 atom stereocenters. The topological polar surface area (TPSA) is 72.1 Å². The third-order valence-corrected chi connectivity index (χ3v) is 3.51. The fourth-order valence-electron chi connectivity index (χ4n) is 2.22. The van der Waals surface area contributed by atoms with Gasteiger partial charge in [-0.2, -0.15) is 0 Å². The summed E-state index contributed by atoms with van der Waals surface area (Å²) in [5.74, 6) is 0.298. The quantitative estimate of drug-likeness (QED) is 0.528. The molecule has 0 aromatic heterocycles. The summed E-state index contributed by atoms with van der Waals surface area (Å²) in [6, 6.07) is 13.0. The average Bonchev–Trinajstić information content (AvgIpc) is 2.60. The summed E-state index contributed by atoms with van der Waals surface area (Å²) in [6.07, 6.45) is -4.79. The molecule has 0 fully saturated rings. The van der Waals surface area contributed by atoms with Crippen LogP contribution in [-0.4, -0.2) is 44.5 Å². The van der Waals surface area contributed by atoms with Crippen molar-refractivity contribution in [3.05, 3.63) is 54.1 Å². The van der Waals surface area contributed by atoms with Gasteiger partial charge >= 0.3 is 6.36 Å². The second kappa shape index (κ2) is 9.84. The lowest BCUT2D eigenvalue weighted by molar-refractivity contribution is -0.274. The van der Waals surface area contributed by atoms with E-state index in [-0.39, 0.29) is 23.9 Å². The first-order valence-electron chi connectivity index (χ1n) is 8.51. The van der Waals surface area contributed by atoms with Gasteiger partial charge in [-0.3, -0.25) is 0 Å². The smallest absolute Gasteiger partial charge is 0.492 e. The van der Waals surface area contributed by atoms with E-state index in [4.69, 9.17) is 10.5 Å². The number of hydrogen-bond acceptors (Lipinski definition) is 4. The Balaban J connectivity index is 1.98. The monoisotopic (exact) mass is 396 g/mol. The largest absolute Gasteiger partial charge is 0.573 e. The molecular weight excluding hydrogens is 373 g/mol. The molecule has 0 amide bonds. The number of likely N-dealkylation sites (N-methyl/N-ethyl adjacent to an activating group) is 1. The number of guanidine groups is 1. The van der Waals surface area contributed by atoms with Gasteiger partial charge in [0.25, 0.3) is 0 Å². The Bertz CT molecular complexity index is 795. The van der Waals surface area contributed by atoms with E-state index in [1.165, 1.54) is 18.2 Å². The maximum atomic E-state index is 12.5. The zero-order valence-corrected chi connectivity index (χ0v) is 15.7. The zero-order valence-electron chi connectivity index (χ0n) is 15.7. The highest BCUT2D eigenvalue weighted by atomic mass is 19.4. The van der Waals surface area contributed by atoms with E-state index in [1.807, 2.05) is 43.3 Å². The third kappa shape index (κ3) is 7.75. The van der Waals surface area contributed by atoms with Crippen molar-refractivity contribution >= 4 is 11.6 Å². The second-order valence-electron chi connectivity index (χ2n) is 6.17. The van der Waals surface area contributed by atoms with Gasteiger partial charge in [0.2, 0.25) is 0 Å². The molecule has 0 radical (unpaired) electrons. The van der Waals surface area contributed by atoms with Crippen LogP contribution in [0.25, 0.3) is 0 Å². The predicted octanol–water partition coefficient (Wildman–Crippen LogP) is 3.45. The Kier molecular flexibility index (Phi) is 7.51. The van der Waals surface area contributed by atoms with Crippen LogP contribution in [0.3, 0.4) is 0 Å². The van der Waals surface area contributed by atoms with E-state index in [2.05, 4.69) is 15.0 Å². The minimum atomic E-state index is -4.79. The van der Waals surface area contributed by atoms with E-state index < -0.39 is 6.36 Å².